The standard InChI is InChI=1S/C21H20N2O4S/c24-17-10-14(20-22-16-3-1-2-4-18(16)28-20)9-15-11-23(6-8-27-19(15)17)21(25)13-5-7-26-12-13/h1-4,9-10,13,24H,5-8,11-12H2. The highest BCUT2D eigenvalue weighted by Crippen LogP contribution is 2.39. The van der Waals surface area contributed by atoms with Crippen molar-refractivity contribution in [2.75, 3.05) is 26.4 Å². The van der Waals surface area contributed by atoms with Crippen molar-refractivity contribution >= 4 is 27.5 Å². The Kier molecular flexibility index (Phi) is 4.41. The van der Waals surface area contributed by atoms with E-state index in [9.17, 15) is 9.90 Å². The summed E-state index contributed by atoms with van der Waals surface area (Å²) >= 11 is 1.58. The molecule has 1 amide bonds. The Hall–Kier alpha value is -2.64. The van der Waals surface area contributed by atoms with Crippen molar-refractivity contribution in [3.05, 3.63) is 42.0 Å². The fourth-order valence-electron chi connectivity index (χ4n) is 3.79. The molecule has 1 N–H and O–H groups in total. The lowest BCUT2D eigenvalue weighted by Gasteiger charge is -2.22. The molecule has 144 valence electrons. The SMILES string of the molecule is O=C(C1CCOC1)N1CCOc2c(O)cc(-c3nc4ccccc4s3)cc2C1. The van der Waals surface area contributed by atoms with Gasteiger partial charge in [0.25, 0.3) is 0 Å². The summed E-state index contributed by atoms with van der Waals surface area (Å²) in [5.74, 6) is 0.564. The smallest absolute Gasteiger partial charge is 0.228 e. The van der Waals surface area contributed by atoms with E-state index in [1.54, 1.807) is 17.4 Å². The van der Waals surface area contributed by atoms with Crippen LogP contribution in [0.2, 0.25) is 0 Å². The fraction of sp³-hybridized carbons (Fsp3) is 0.333. The van der Waals surface area contributed by atoms with Crippen LogP contribution in [0, 0.1) is 5.92 Å². The lowest BCUT2D eigenvalue weighted by Crippen LogP contribution is -2.37. The number of benzene rings is 2. The minimum absolute atomic E-state index is 0.0809. The number of nitrogens with zero attached hydrogens (tertiary/aromatic N) is 2. The first-order chi connectivity index (χ1) is 13.7. The third-order valence-corrected chi connectivity index (χ3v) is 6.33. The number of rotatable bonds is 2. The average molecular weight is 396 g/mol. The van der Waals surface area contributed by atoms with Crippen LogP contribution in [0.1, 0.15) is 12.0 Å². The fourth-order valence-corrected chi connectivity index (χ4v) is 4.75. The van der Waals surface area contributed by atoms with Crippen molar-refractivity contribution in [2.24, 2.45) is 5.92 Å². The summed E-state index contributed by atoms with van der Waals surface area (Å²) in [4.78, 5) is 19.3. The molecule has 0 radical (unpaired) electrons. The van der Waals surface area contributed by atoms with Crippen LogP contribution < -0.4 is 4.74 Å². The number of carbonyl (C=O) groups is 1. The first-order valence-corrected chi connectivity index (χ1v) is 10.2. The highest BCUT2D eigenvalue weighted by Gasteiger charge is 2.30. The molecule has 2 aromatic carbocycles. The number of amides is 1. The lowest BCUT2D eigenvalue weighted by molar-refractivity contribution is -0.136. The van der Waals surface area contributed by atoms with Gasteiger partial charge in [-0.3, -0.25) is 4.79 Å². The van der Waals surface area contributed by atoms with Crippen molar-refractivity contribution in [1.82, 2.24) is 9.88 Å². The molecule has 1 aromatic heterocycles. The quantitative estimate of drug-likeness (QED) is 0.719. The van der Waals surface area contributed by atoms with E-state index in [0.717, 1.165) is 32.8 Å². The highest BCUT2D eigenvalue weighted by atomic mass is 32.1. The van der Waals surface area contributed by atoms with Crippen LogP contribution in [-0.4, -0.2) is 47.3 Å². The second-order valence-corrected chi connectivity index (χ2v) is 8.17. The van der Waals surface area contributed by atoms with E-state index in [4.69, 9.17) is 9.47 Å². The van der Waals surface area contributed by atoms with E-state index in [1.165, 1.54) is 0 Å². The summed E-state index contributed by atoms with van der Waals surface area (Å²) in [6.07, 6.45) is 0.764. The molecule has 1 saturated heterocycles. The van der Waals surface area contributed by atoms with Gasteiger partial charge in [-0.05, 0) is 30.7 Å². The summed E-state index contributed by atoms with van der Waals surface area (Å²) in [6.45, 7) is 2.40. The predicted molar refractivity (Wildman–Crippen MR) is 107 cm³/mol. The molecule has 6 nitrogen and oxygen atoms in total. The van der Waals surface area contributed by atoms with Crippen molar-refractivity contribution in [1.29, 1.82) is 0 Å². The number of hydrogen-bond donors (Lipinski definition) is 1. The molecular weight excluding hydrogens is 376 g/mol. The van der Waals surface area contributed by atoms with Gasteiger partial charge in [0, 0.05) is 24.3 Å². The topological polar surface area (TPSA) is 71.9 Å². The van der Waals surface area contributed by atoms with Gasteiger partial charge in [-0.25, -0.2) is 4.98 Å². The summed E-state index contributed by atoms with van der Waals surface area (Å²) < 4.78 is 12.2. The van der Waals surface area contributed by atoms with Gasteiger partial charge in [-0.1, -0.05) is 12.1 Å². The van der Waals surface area contributed by atoms with Crippen LogP contribution in [0.3, 0.4) is 0 Å². The van der Waals surface area contributed by atoms with Gasteiger partial charge >= 0.3 is 0 Å². The molecule has 3 heterocycles. The van der Waals surface area contributed by atoms with E-state index >= 15 is 0 Å². The summed E-state index contributed by atoms with van der Waals surface area (Å²) in [7, 11) is 0. The molecule has 1 atom stereocenters. The Morgan fingerprint density at radius 3 is 2.96 bits per heavy atom. The molecule has 2 aliphatic rings. The predicted octanol–water partition coefficient (Wildman–Crippen LogP) is 3.43. The molecule has 1 unspecified atom stereocenters. The van der Waals surface area contributed by atoms with Crippen molar-refractivity contribution in [3.63, 3.8) is 0 Å². The molecule has 2 aliphatic heterocycles. The van der Waals surface area contributed by atoms with Crippen LogP contribution in [0.25, 0.3) is 20.8 Å². The number of phenols is 1. The van der Waals surface area contributed by atoms with Crippen molar-refractivity contribution < 1.29 is 19.4 Å². The number of ether oxygens (including phenoxy) is 2. The number of thiazole rings is 1. The largest absolute Gasteiger partial charge is 0.504 e. The Morgan fingerprint density at radius 1 is 1.25 bits per heavy atom. The van der Waals surface area contributed by atoms with Gasteiger partial charge in [0.1, 0.15) is 11.6 Å². The van der Waals surface area contributed by atoms with E-state index in [1.807, 2.05) is 35.2 Å². The van der Waals surface area contributed by atoms with Gasteiger partial charge < -0.3 is 19.5 Å². The van der Waals surface area contributed by atoms with Crippen LogP contribution in [0.15, 0.2) is 36.4 Å². The van der Waals surface area contributed by atoms with Gasteiger partial charge in [-0.2, -0.15) is 0 Å². The zero-order valence-electron chi connectivity index (χ0n) is 15.3. The summed E-state index contributed by atoms with van der Waals surface area (Å²) in [6, 6.07) is 11.6. The molecule has 0 bridgehead atoms. The van der Waals surface area contributed by atoms with E-state index in [-0.39, 0.29) is 17.6 Å². The number of hydrogen-bond acceptors (Lipinski definition) is 6. The van der Waals surface area contributed by atoms with Crippen molar-refractivity contribution in [2.45, 2.75) is 13.0 Å². The molecule has 5 rings (SSSR count). The first-order valence-electron chi connectivity index (χ1n) is 9.40. The van der Waals surface area contributed by atoms with E-state index in [2.05, 4.69) is 4.98 Å². The van der Waals surface area contributed by atoms with E-state index < -0.39 is 0 Å². The molecular formula is C21H20N2O4S. The van der Waals surface area contributed by atoms with Crippen LogP contribution in [0.5, 0.6) is 11.5 Å². The zero-order valence-corrected chi connectivity index (χ0v) is 16.1. The third-order valence-electron chi connectivity index (χ3n) is 5.25. The minimum Gasteiger partial charge on any atom is -0.504 e. The number of fused-ring (bicyclic) bond motifs is 2. The second kappa shape index (κ2) is 7.07. The van der Waals surface area contributed by atoms with Gasteiger partial charge in [0.05, 0.1) is 29.3 Å². The zero-order chi connectivity index (χ0) is 19.1. The van der Waals surface area contributed by atoms with E-state index in [0.29, 0.717) is 38.7 Å². The normalized spacial score (nSPS) is 19.3. The number of carbonyl (C=O) groups excluding carboxylic acids is 1. The second-order valence-electron chi connectivity index (χ2n) is 7.14. The number of phenolic OH excluding ortho intramolecular Hbond substituents is 1. The Bertz CT molecular complexity index is 1010. The molecule has 1 fully saturated rings. The van der Waals surface area contributed by atoms with Gasteiger partial charge in [-0.15, -0.1) is 11.3 Å². The number of aromatic hydroxyl groups is 1. The maximum Gasteiger partial charge on any atom is 0.228 e. The average Bonchev–Trinajstić information content (AvgIpc) is 3.33. The maximum absolute atomic E-state index is 12.8. The Balaban J connectivity index is 1.50. The van der Waals surface area contributed by atoms with Crippen LogP contribution >= 0.6 is 11.3 Å². The maximum atomic E-state index is 12.8. The van der Waals surface area contributed by atoms with Crippen LogP contribution in [-0.2, 0) is 16.1 Å². The highest BCUT2D eigenvalue weighted by molar-refractivity contribution is 7.21. The molecule has 0 spiro atoms. The Morgan fingerprint density at radius 2 is 2.14 bits per heavy atom. The molecule has 3 aromatic rings. The van der Waals surface area contributed by atoms with Gasteiger partial charge in [0.2, 0.25) is 5.91 Å². The Labute approximate surface area is 166 Å². The number of para-hydroxylation sites is 1. The molecule has 7 heteroatoms. The third kappa shape index (κ3) is 3.10. The minimum atomic E-state index is -0.0809. The monoisotopic (exact) mass is 396 g/mol. The van der Waals surface area contributed by atoms with Crippen LogP contribution in [0.4, 0.5) is 0 Å². The van der Waals surface area contributed by atoms with Gasteiger partial charge in [0.15, 0.2) is 11.5 Å². The molecule has 0 saturated carbocycles. The summed E-state index contributed by atoms with van der Waals surface area (Å²) in [5.41, 5.74) is 2.57. The number of aromatic nitrogens is 1. The first kappa shape index (κ1) is 17.5. The van der Waals surface area contributed by atoms with Crippen molar-refractivity contribution in [3.8, 4) is 22.1 Å². The summed E-state index contributed by atoms with van der Waals surface area (Å²) in [5, 5.41) is 11.4. The molecule has 0 aliphatic carbocycles. The lowest BCUT2D eigenvalue weighted by atomic mass is 10.1. The molecule has 28 heavy (non-hydrogen) atoms.